The first kappa shape index (κ1) is 9.40. The highest BCUT2D eigenvalue weighted by Gasteiger charge is 2.34. The Hall–Kier alpha value is -1.16. The van der Waals surface area contributed by atoms with Crippen molar-refractivity contribution in [2.75, 3.05) is 14.2 Å². The van der Waals surface area contributed by atoms with Gasteiger partial charge in [-0.2, -0.15) is 0 Å². The van der Waals surface area contributed by atoms with E-state index in [0.29, 0.717) is 17.8 Å². The molecule has 1 N–H and O–H groups in total. The molecule has 2 rings (SSSR count). The lowest BCUT2D eigenvalue weighted by atomic mass is 10.1. The molecule has 0 saturated heterocycles. The Bertz CT molecular complexity index is 312. The zero-order valence-electron chi connectivity index (χ0n) is 8.53. The molecule has 1 aliphatic carbocycles. The number of nitrogens with zero attached hydrogens (tertiary/aromatic N) is 2. The second-order valence-corrected chi connectivity index (χ2v) is 3.55. The van der Waals surface area contributed by atoms with Gasteiger partial charge in [-0.15, -0.1) is 0 Å². The van der Waals surface area contributed by atoms with Gasteiger partial charge in [-0.1, -0.05) is 0 Å². The van der Waals surface area contributed by atoms with E-state index in [-0.39, 0.29) is 0 Å². The zero-order valence-corrected chi connectivity index (χ0v) is 8.53. The Kier molecular flexibility index (Phi) is 2.63. The molecule has 1 heterocycles. The number of hydrogen-bond acceptors (Lipinski definition) is 4. The number of nitrogens with one attached hydrogen (secondary N) is 1. The van der Waals surface area contributed by atoms with Gasteiger partial charge in [0.15, 0.2) is 0 Å². The van der Waals surface area contributed by atoms with Crippen LogP contribution in [-0.4, -0.2) is 24.1 Å². The van der Waals surface area contributed by atoms with Crippen molar-refractivity contribution in [1.82, 2.24) is 15.3 Å². The van der Waals surface area contributed by atoms with Gasteiger partial charge < -0.3 is 10.1 Å². The van der Waals surface area contributed by atoms with E-state index in [2.05, 4.69) is 15.3 Å². The molecule has 0 radical (unpaired) electrons. The van der Waals surface area contributed by atoms with Crippen molar-refractivity contribution in [2.24, 2.45) is 5.92 Å². The van der Waals surface area contributed by atoms with Crippen molar-refractivity contribution in [3.63, 3.8) is 0 Å². The molecule has 1 unspecified atom stereocenters. The number of aromatic nitrogens is 2. The largest absolute Gasteiger partial charge is 0.480 e. The molecule has 14 heavy (non-hydrogen) atoms. The lowest BCUT2D eigenvalue weighted by Crippen LogP contribution is -2.20. The molecule has 1 atom stereocenters. The molecular formula is C10H15N3O. The van der Waals surface area contributed by atoms with Crippen LogP contribution >= 0.6 is 0 Å². The van der Waals surface area contributed by atoms with Gasteiger partial charge in [0, 0.05) is 12.4 Å². The first-order valence-electron chi connectivity index (χ1n) is 4.89. The summed E-state index contributed by atoms with van der Waals surface area (Å²) in [5, 5.41) is 3.27. The number of ether oxygens (including phenoxy) is 1. The predicted molar refractivity (Wildman–Crippen MR) is 53.1 cm³/mol. The van der Waals surface area contributed by atoms with Gasteiger partial charge >= 0.3 is 0 Å². The van der Waals surface area contributed by atoms with Gasteiger partial charge in [0.2, 0.25) is 5.88 Å². The van der Waals surface area contributed by atoms with E-state index in [0.717, 1.165) is 5.69 Å². The molecule has 0 bridgehead atoms. The highest BCUT2D eigenvalue weighted by molar-refractivity contribution is 5.23. The SMILES string of the molecule is CNC(c1nccnc1OC)C1CC1. The smallest absolute Gasteiger partial charge is 0.237 e. The monoisotopic (exact) mass is 193 g/mol. The second kappa shape index (κ2) is 3.92. The van der Waals surface area contributed by atoms with Crippen LogP contribution in [0.25, 0.3) is 0 Å². The number of rotatable bonds is 4. The first-order valence-corrected chi connectivity index (χ1v) is 4.89. The van der Waals surface area contributed by atoms with Crippen LogP contribution in [0.15, 0.2) is 12.4 Å². The summed E-state index contributed by atoms with van der Waals surface area (Å²) in [7, 11) is 3.59. The molecule has 0 amide bonds. The fourth-order valence-corrected chi connectivity index (χ4v) is 1.73. The Labute approximate surface area is 83.7 Å². The van der Waals surface area contributed by atoms with Crippen molar-refractivity contribution >= 4 is 0 Å². The quantitative estimate of drug-likeness (QED) is 0.779. The fraction of sp³-hybridized carbons (Fsp3) is 0.600. The average molecular weight is 193 g/mol. The molecule has 0 spiro atoms. The molecule has 4 nitrogen and oxygen atoms in total. The second-order valence-electron chi connectivity index (χ2n) is 3.55. The minimum atomic E-state index is 0.290. The number of methoxy groups -OCH3 is 1. The molecular weight excluding hydrogens is 178 g/mol. The summed E-state index contributed by atoms with van der Waals surface area (Å²) >= 11 is 0. The average Bonchev–Trinajstić information content (AvgIpc) is 3.04. The van der Waals surface area contributed by atoms with Gasteiger partial charge in [-0.05, 0) is 25.8 Å². The molecule has 1 fully saturated rings. The maximum absolute atomic E-state index is 5.19. The van der Waals surface area contributed by atoms with Crippen LogP contribution in [0.3, 0.4) is 0 Å². The van der Waals surface area contributed by atoms with Crippen LogP contribution in [0.5, 0.6) is 5.88 Å². The van der Waals surface area contributed by atoms with Crippen LogP contribution in [0.1, 0.15) is 24.6 Å². The maximum atomic E-state index is 5.19. The van der Waals surface area contributed by atoms with Crippen molar-refractivity contribution in [1.29, 1.82) is 0 Å². The van der Waals surface area contributed by atoms with Crippen LogP contribution < -0.4 is 10.1 Å². The molecule has 4 heteroatoms. The summed E-state index contributed by atoms with van der Waals surface area (Å²) in [5.74, 6) is 1.34. The highest BCUT2D eigenvalue weighted by Crippen LogP contribution is 2.41. The Morgan fingerprint density at radius 1 is 1.43 bits per heavy atom. The van der Waals surface area contributed by atoms with Gasteiger partial charge in [0.1, 0.15) is 5.69 Å². The summed E-state index contributed by atoms with van der Waals surface area (Å²) in [4.78, 5) is 8.48. The van der Waals surface area contributed by atoms with Gasteiger partial charge in [0.25, 0.3) is 0 Å². The molecule has 1 saturated carbocycles. The third-order valence-electron chi connectivity index (χ3n) is 2.58. The molecule has 0 aliphatic heterocycles. The summed E-state index contributed by atoms with van der Waals surface area (Å²) in [6.45, 7) is 0. The predicted octanol–water partition coefficient (Wildman–Crippen LogP) is 1.16. The van der Waals surface area contributed by atoms with Crippen LogP contribution in [0.4, 0.5) is 0 Å². The maximum Gasteiger partial charge on any atom is 0.237 e. The third kappa shape index (κ3) is 1.70. The van der Waals surface area contributed by atoms with Gasteiger partial charge in [-0.25, -0.2) is 4.98 Å². The topological polar surface area (TPSA) is 47.0 Å². The normalized spacial score (nSPS) is 17.9. The Balaban J connectivity index is 2.27. The van der Waals surface area contributed by atoms with E-state index in [4.69, 9.17) is 4.74 Å². The summed E-state index contributed by atoms with van der Waals surface area (Å²) in [6.07, 6.45) is 5.91. The minimum Gasteiger partial charge on any atom is -0.480 e. The Morgan fingerprint density at radius 2 is 2.14 bits per heavy atom. The summed E-state index contributed by atoms with van der Waals surface area (Å²) in [5.41, 5.74) is 0.931. The van der Waals surface area contributed by atoms with E-state index in [1.54, 1.807) is 19.5 Å². The zero-order chi connectivity index (χ0) is 9.97. The van der Waals surface area contributed by atoms with E-state index >= 15 is 0 Å². The summed E-state index contributed by atoms with van der Waals surface area (Å²) < 4.78 is 5.19. The van der Waals surface area contributed by atoms with E-state index in [1.165, 1.54) is 12.8 Å². The van der Waals surface area contributed by atoms with Crippen LogP contribution in [0.2, 0.25) is 0 Å². The lowest BCUT2D eigenvalue weighted by Gasteiger charge is -2.16. The summed E-state index contributed by atoms with van der Waals surface area (Å²) in [6, 6.07) is 0.290. The van der Waals surface area contributed by atoms with Crippen molar-refractivity contribution < 1.29 is 4.74 Å². The molecule has 1 aromatic heterocycles. The van der Waals surface area contributed by atoms with E-state index < -0.39 is 0 Å². The molecule has 1 aliphatic rings. The van der Waals surface area contributed by atoms with Gasteiger partial charge in [0.05, 0.1) is 13.2 Å². The standard InChI is InChI=1S/C10H15N3O/c1-11-8(7-3-4-7)9-10(14-2)13-6-5-12-9/h5-8,11H,3-4H2,1-2H3. The molecule has 1 aromatic rings. The first-order chi connectivity index (χ1) is 6.86. The van der Waals surface area contributed by atoms with Gasteiger partial charge in [-0.3, -0.25) is 4.98 Å². The molecule has 0 aromatic carbocycles. The molecule has 76 valence electrons. The van der Waals surface area contributed by atoms with Crippen LogP contribution in [0, 0.1) is 5.92 Å². The highest BCUT2D eigenvalue weighted by atomic mass is 16.5. The van der Waals surface area contributed by atoms with Crippen molar-refractivity contribution in [2.45, 2.75) is 18.9 Å². The Morgan fingerprint density at radius 3 is 2.71 bits per heavy atom. The fourth-order valence-electron chi connectivity index (χ4n) is 1.73. The number of hydrogen-bond donors (Lipinski definition) is 1. The van der Waals surface area contributed by atoms with Crippen LogP contribution in [-0.2, 0) is 0 Å². The minimum absolute atomic E-state index is 0.290. The lowest BCUT2D eigenvalue weighted by molar-refractivity contribution is 0.374. The third-order valence-corrected chi connectivity index (χ3v) is 2.58. The van der Waals surface area contributed by atoms with E-state index in [1.807, 2.05) is 7.05 Å². The van der Waals surface area contributed by atoms with Crippen molar-refractivity contribution in [3.05, 3.63) is 18.1 Å². The van der Waals surface area contributed by atoms with Crippen molar-refractivity contribution in [3.8, 4) is 5.88 Å². The van der Waals surface area contributed by atoms with E-state index in [9.17, 15) is 0 Å².